The normalized spacial score (nSPS) is 10.9. The zero-order chi connectivity index (χ0) is 12.8. The Balaban J connectivity index is 2.95. The summed E-state index contributed by atoms with van der Waals surface area (Å²) in [7, 11) is 0. The standard InChI is InChI=1S/C11H16F2N2O2/c1-8-4-9(7-17)5-11(14-8)15(2-3-16)6-10(12)13/h4-5,10,16-17H,2-3,6-7H2,1H3. The van der Waals surface area contributed by atoms with Crippen LogP contribution in [0.25, 0.3) is 0 Å². The molecule has 0 amide bonds. The molecule has 0 saturated carbocycles. The average Bonchev–Trinajstić information content (AvgIpc) is 2.27. The summed E-state index contributed by atoms with van der Waals surface area (Å²) in [5.74, 6) is 0.350. The Bertz CT molecular complexity index is 361. The van der Waals surface area contributed by atoms with E-state index in [0.717, 1.165) is 0 Å². The van der Waals surface area contributed by atoms with Gasteiger partial charge in [0.1, 0.15) is 5.82 Å². The molecule has 0 atom stereocenters. The second-order valence-electron chi connectivity index (χ2n) is 3.69. The number of aliphatic hydroxyl groups excluding tert-OH is 2. The fourth-order valence-electron chi connectivity index (χ4n) is 1.56. The van der Waals surface area contributed by atoms with E-state index in [-0.39, 0.29) is 19.8 Å². The summed E-state index contributed by atoms with van der Waals surface area (Å²) in [6.07, 6.45) is -2.50. The van der Waals surface area contributed by atoms with Crippen molar-refractivity contribution < 1.29 is 19.0 Å². The number of nitrogens with zero attached hydrogens (tertiary/aromatic N) is 2. The maximum Gasteiger partial charge on any atom is 0.255 e. The predicted octanol–water partition coefficient (Wildman–Crippen LogP) is 0.946. The Kier molecular flexibility index (Phi) is 5.24. The van der Waals surface area contributed by atoms with Gasteiger partial charge in [-0.05, 0) is 24.6 Å². The van der Waals surface area contributed by atoms with Crippen LogP contribution in [0.15, 0.2) is 12.1 Å². The van der Waals surface area contributed by atoms with Gasteiger partial charge >= 0.3 is 0 Å². The van der Waals surface area contributed by atoms with E-state index in [1.165, 1.54) is 4.90 Å². The van der Waals surface area contributed by atoms with Crippen LogP contribution in [0.3, 0.4) is 0 Å². The van der Waals surface area contributed by atoms with Crippen molar-refractivity contribution >= 4 is 5.82 Å². The maximum atomic E-state index is 12.4. The lowest BCUT2D eigenvalue weighted by molar-refractivity contribution is 0.152. The molecule has 4 nitrogen and oxygen atoms in total. The van der Waals surface area contributed by atoms with Gasteiger partial charge in [-0.25, -0.2) is 13.8 Å². The molecule has 0 aliphatic heterocycles. The van der Waals surface area contributed by atoms with Crippen molar-refractivity contribution in [1.29, 1.82) is 0 Å². The minimum absolute atomic E-state index is 0.0890. The van der Waals surface area contributed by atoms with Gasteiger partial charge in [-0.3, -0.25) is 0 Å². The van der Waals surface area contributed by atoms with Crippen molar-refractivity contribution in [3.63, 3.8) is 0 Å². The molecule has 0 unspecified atom stereocenters. The largest absolute Gasteiger partial charge is 0.395 e. The molecule has 0 aliphatic rings. The van der Waals surface area contributed by atoms with Crippen LogP contribution in [0.4, 0.5) is 14.6 Å². The van der Waals surface area contributed by atoms with Crippen molar-refractivity contribution in [2.24, 2.45) is 0 Å². The quantitative estimate of drug-likeness (QED) is 0.784. The second kappa shape index (κ2) is 6.46. The summed E-state index contributed by atoms with van der Waals surface area (Å²) in [5.41, 5.74) is 1.26. The Morgan fingerprint density at radius 3 is 2.59 bits per heavy atom. The second-order valence-corrected chi connectivity index (χ2v) is 3.69. The van der Waals surface area contributed by atoms with Gasteiger partial charge in [0.2, 0.25) is 0 Å². The van der Waals surface area contributed by atoms with Gasteiger partial charge in [-0.2, -0.15) is 0 Å². The van der Waals surface area contributed by atoms with Gasteiger partial charge in [0.15, 0.2) is 0 Å². The molecular formula is C11H16F2N2O2. The monoisotopic (exact) mass is 246 g/mol. The van der Waals surface area contributed by atoms with Crippen LogP contribution in [-0.2, 0) is 6.61 Å². The van der Waals surface area contributed by atoms with E-state index in [2.05, 4.69) is 4.98 Å². The van der Waals surface area contributed by atoms with Crippen LogP contribution < -0.4 is 4.90 Å². The van der Waals surface area contributed by atoms with Gasteiger partial charge < -0.3 is 15.1 Å². The molecule has 1 aromatic heterocycles. The van der Waals surface area contributed by atoms with E-state index >= 15 is 0 Å². The number of aromatic nitrogens is 1. The molecule has 2 N–H and O–H groups in total. The van der Waals surface area contributed by atoms with Gasteiger partial charge in [-0.15, -0.1) is 0 Å². The van der Waals surface area contributed by atoms with Crippen molar-refractivity contribution in [3.05, 3.63) is 23.4 Å². The first kappa shape index (κ1) is 13.8. The zero-order valence-corrected chi connectivity index (χ0v) is 9.61. The molecule has 0 saturated heterocycles. The van der Waals surface area contributed by atoms with E-state index in [1.54, 1.807) is 19.1 Å². The first-order valence-electron chi connectivity index (χ1n) is 5.29. The number of pyridine rings is 1. The van der Waals surface area contributed by atoms with Crippen LogP contribution >= 0.6 is 0 Å². The van der Waals surface area contributed by atoms with Gasteiger partial charge in [0.05, 0.1) is 19.8 Å². The minimum Gasteiger partial charge on any atom is -0.395 e. The smallest absolute Gasteiger partial charge is 0.255 e. The number of aliphatic hydroxyl groups is 2. The lowest BCUT2D eigenvalue weighted by Crippen LogP contribution is -2.32. The Morgan fingerprint density at radius 2 is 2.06 bits per heavy atom. The third kappa shape index (κ3) is 4.24. The predicted molar refractivity (Wildman–Crippen MR) is 60.2 cm³/mol. The molecule has 0 aliphatic carbocycles. The summed E-state index contributed by atoms with van der Waals surface area (Å²) in [6, 6.07) is 3.23. The molecule has 0 bridgehead atoms. The molecule has 17 heavy (non-hydrogen) atoms. The highest BCUT2D eigenvalue weighted by Crippen LogP contribution is 2.16. The van der Waals surface area contributed by atoms with Crippen molar-refractivity contribution in [3.8, 4) is 0 Å². The summed E-state index contributed by atoms with van der Waals surface area (Å²) in [5, 5.41) is 17.9. The molecule has 1 heterocycles. The van der Waals surface area contributed by atoms with E-state index in [1.807, 2.05) is 0 Å². The molecule has 0 radical (unpaired) electrons. The van der Waals surface area contributed by atoms with E-state index in [9.17, 15) is 8.78 Å². The van der Waals surface area contributed by atoms with Crippen molar-refractivity contribution in [2.75, 3.05) is 24.6 Å². The number of halogens is 2. The van der Waals surface area contributed by atoms with Crippen LogP contribution in [0.5, 0.6) is 0 Å². The average molecular weight is 246 g/mol. The number of anilines is 1. The Hall–Kier alpha value is -1.27. The highest BCUT2D eigenvalue weighted by atomic mass is 19.3. The van der Waals surface area contributed by atoms with Crippen LogP contribution in [-0.4, -0.2) is 41.3 Å². The van der Waals surface area contributed by atoms with E-state index < -0.39 is 13.0 Å². The minimum atomic E-state index is -2.50. The SMILES string of the molecule is Cc1cc(CO)cc(N(CCO)CC(F)F)n1. The van der Waals surface area contributed by atoms with Gasteiger partial charge in [0, 0.05) is 12.2 Å². The summed E-state index contributed by atoms with van der Waals surface area (Å²) in [6.45, 7) is 0.935. The fraction of sp³-hybridized carbons (Fsp3) is 0.545. The topological polar surface area (TPSA) is 56.6 Å². The van der Waals surface area contributed by atoms with E-state index in [4.69, 9.17) is 10.2 Å². The zero-order valence-electron chi connectivity index (χ0n) is 9.61. The first-order valence-corrected chi connectivity index (χ1v) is 5.29. The first-order chi connectivity index (χ1) is 8.06. The van der Waals surface area contributed by atoms with Crippen LogP contribution in [0.1, 0.15) is 11.3 Å². The highest BCUT2D eigenvalue weighted by molar-refractivity contribution is 5.42. The fourth-order valence-corrected chi connectivity index (χ4v) is 1.56. The highest BCUT2D eigenvalue weighted by Gasteiger charge is 2.14. The van der Waals surface area contributed by atoms with Crippen LogP contribution in [0, 0.1) is 6.92 Å². The molecule has 1 aromatic rings. The molecule has 1 rings (SSSR count). The molecule has 0 aromatic carbocycles. The molecule has 96 valence electrons. The Labute approximate surface area is 98.5 Å². The number of aryl methyl sites for hydroxylation is 1. The summed E-state index contributed by atoms with van der Waals surface area (Å²) < 4.78 is 24.8. The third-order valence-corrected chi connectivity index (χ3v) is 2.23. The molecule has 0 fully saturated rings. The van der Waals surface area contributed by atoms with Gasteiger partial charge in [0.25, 0.3) is 6.43 Å². The number of hydrogen-bond acceptors (Lipinski definition) is 4. The number of hydrogen-bond donors (Lipinski definition) is 2. The lowest BCUT2D eigenvalue weighted by Gasteiger charge is -2.23. The Morgan fingerprint density at radius 1 is 1.35 bits per heavy atom. The maximum absolute atomic E-state index is 12.4. The molecular weight excluding hydrogens is 230 g/mol. The van der Waals surface area contributed by atoms with Gasteiger partial charge in [-0.1, -0.05) is 0 Å². The third-order valence-electron chi connectivity index (χ3n) is 2.23. The van der Waals surface area contributed by atoms with Crippen molar-refractivity contribution in [1.82, 2.24) is 4.98 Å². The molecule has 6 heteroatoms. The van der Waals surface area contributed by atoms with Crippen LogP contribution in [0.2, 0.25) is 0 Å². The number of alkyl halides is 2. The van der Waals surface area contributed by atoms with E-state index in [0.29, 0.717) is 17.1 Å². The summed E-state index contributed by atoms with van der Waals surface area (Å²) in [4.78, 5) is 5.43. The number of rotatable bonds is 6. The lowest BCUT2D eigenvalue weighted by atomic mass is 10.2. The summed E-state index contributed by atoms with van der Waals surface area (Å²) >= 11 is 0. The van der Waals surface area contributed by atoms with Crippen molar-refractivity contribution in [2.45, 2.75) is 20.0 Å². The molecule has 0 spiro atoms.